The summed E-state index contributed by atoms with van der Waals surface area (Å²) in [5.41, 5.74) is 5.33. The molecule has 1 unspecified atom stereocenters. The highest BCUT2D eigenvalue weighted by atomic mass is 16.5. The van der Waals surface area contributed by atoms with Crippen molar-refractivity contribution in [2.75, 3.05) is 13.2 Å². The summed E-state index contributed by atoms with van der Waals surface area (Å²) in [6, 6.07) is 13.9. The number of allylic oxidation sites excluding steroid dienone is 1. The second-order valence-corrected chi connectivity index (χ2v) is 9.27. The number of carboxylic acid groups (broad SMARTS) is 1. The Morgan fingerprint density at radius 1 is 1.09 bits per heavy atom. The van der Waals surface area contributed by atoms with Gasteiger partial charge in [0.25, 0.3) is 0 Å². The number of rotatable bonds is 7. The van der Waals surface area contributed by atoms with Gasteiger partial charge in [-0.05, 0) is 42.5 Å². The number of carboxylic acids is 1. The second kappa shape index (κ2) is 10.3. The first-order valence-corrected chi connectivity index (χ1v) is 11.7. The fraction of sp³-hybridized carbons (Fsp3) is 0.370. The molecule has 1 fully saturated rings. The van der Waals surface area contributed by atoms with Gasteiger partial charge >= 0.3 is 12.1 Å². The smallest absolute Gasteiger partial charge is 0.407 e. The summed E-state index contributed by atoms with van der Waals surface area (Å²) >= 11 is 0. The Hall–Kier alpha value is -3.65. The van der Waals surface area contributed by atoms with E-state index in [-0.39, 0.29) is 31.9 Å². The number of nitrogens with zero attached hydrogens (tertiary/aromatic N) is 1. The lowest BCUT2D eigenvalue weighted by atomic mass is 9.98. The third-order valence-corrected chi connectivity index (χ3v) is 6.54. The number of nitrogens with one attached hydrogen (secondary N) is 1. The number of alkyl carbamates (subject to hydrolysis) is 1. The fourth-order valence-corrected chi connectivity index (χ4v) is 4.85. The van der Waals surface area contributed by atoms with Gasteiger partial charge in [-0.1, -0.05) is 60.2 Å². The molecule has 8 nitrogen and oxygen atoms in total. The van der Waals surface area contributed by atoms with Crippen molar-refractivity contribution in [2.24, 2.45) is 0 Å². The maximum atomic E-state index is 13.2. The Morgan fingerprint density at radius 2 is 1.69 bits per heavy atom. The number of aliphatic hydroxyl groups excluding tert-OH is 1. The molecule has 184 valence electrons. The maximum Gasteiger partial charge on any atom is 0.407 e. The van der Waals surface area contributed by atoms with E-state index >= 15 is 0 Å². The van der Waals surface area contributed by atoms with Gasteiger partial charge in [0.05, 0.1) is 6.10 Å². The fourth-order valence-electron chi connectivity index (χ4n) is 4.85. The largest absolute Gasteiger partial charge is 0.480 e. The second-order valence-electron chi connectivity index (χ2n) is 9.27. The number of carbonyl (C=O) groups is 3. The summed E-state index contributed by atoms with van der Waals surface area (Å²) in [5, 5.41) is 22.0. The number of ether oxygens (including phenoxy) is 1. The van der Waals surface area contributed by atoms with E-state index in [1.165, 1.54) is 0 Å². The first-order valence-electron chi connectivity index (χ1n) is 11.7. The predicted molar refractivity (Wildman–Crippen MR) is 130 cm³/mol. The minimum absolute atomic E-state index is 0.0403. The number of aliphatic hydroxyl groups is 1. The number of hydrogen-bond acceptors (Lipinski definition) is 5. The molecule has 0 bridgehead atoms. The van der Waals surface area contributed by atoms with Crippen LogP contribution >= 0.6 is 0 Å². The quantitative estimate of drug-likeness (QED) is 0.526. The number of β-amino-alcohol motifs (C(OH)–C–C–N with tert-alkyl or cyclic N) is 1. The molecule has 0 spiro atoms. The van der Waals surface area contributed by atoms with Gasteiger partial charge < -0.3 is 25.2 Å². The summed E-state index contributed by atoms with van der Waals surface area (Å²) in [6.45, 7) is 3.75. The van der Waals surface area contributed by atoms with Gasteiger partial charge in [0.2, 0.25) is 5.91 Å². The van der Waals surface area contributed by atoms with Crippen LogP contribution in [0.1, 0.15) is 43.7 Å². The first-order chi connectivity index (χ1) is 16.8. The molecule has 1 aliphatic heterocycles. The minimum atomic E-state index is -1.18. The molecule has 35 heavy (non-hydrogen) atoms. The number of amides is 2. The van der Waals surface area contributed by atoms with Gasteiger partial charge in [0.15, 0.2) is 0 Å². The van der Waals surface area contributed by atoms with Crippen molar-refractivity contribution in [2.45, 2.75) is 50.8 Å². The zero-order chi connectivity index (χ0) is 25.1. The average Bonchev–Trinajstić information content (AvgIpc) is 3.38. The molecule has 0 aromatic heterocycles. The molecule has 3 N–H and O–H groups in total. The van der Waals surface area contributed by atoms with E-state index in [9.17, 15) is 24.6 Å². The van der Waals surface area contributed by atoms with Crippen LogP contribution < -0.4 is 5.32 Å². The summed E-state index contributed by atoms with van der Waals surface area (Å²) in [7, 11) is 0. The lowest BCUT2D eigenvalue weighted by Gasteiger charge is -2.26. The van der Waals surface area contributed by atoms with Crippen molar-refractivity contribution in [3.63, 3.8) is 0 Å². The SMILES string of the molecule is CC(C)=CCC(NC(=O)OCC1c2ccccc2-c2ccccc21)C(=O)N1C[C@H](O)C[C@H]1C(=O)O. The molecule has 2 aromatic rings. The third kappa shape index (κ3) is 5.22. The van der Waals surface area contributed by atoms with Crippen LogP contribution in [-0.4, -0.2) is 64.4 Å². The van der Waals surface area contributed by atoms with Crippen LogP contribution in [0, 0.1) is 0 Å². The van der Waals surface area contributed by atoms with E-state index in [1.807, 2.05) is 62.4 Å². The summed E-state index contributed by atoms with van der Waals surface area (Å²) in [4.78, 5) is 38.7. The molecule has 2 aromatic carbocycles. The van der Waals surface area contributed by atoms with Crippen molar-refractivity contribution < 1.29 is 29.3 Å². The van der Waals surface area contributed by atoms with E-state index in [4.69, 9.17) is 4.74 Å². The lowest BCUT2D eigenvalue weighted by molar-refractivity contribution is -0.148. The molecule has 8 heteroatoms. The monoisotopic (exact) mass is 478 g/mol. The van der Waals surface area contributed by atoms with Gasteiger partial charge in [-0.2, -0.15) is 0 Å². The molecule has 0 saturated carbocycles. The Labute approximate surface area is 204 Å². The highest BCUT2D eigenvalue weighted by Crippen LogP contribution is 2.44. The Balaban J connectivity index is 1.47. The molecule has 3 atom stereocenters. The van der Waals surface area contributed by atoms with Gasteiger partial charge in [-0.3, -0.25) is 4.79 Å². The van der Waals surface area contributed by atoms with E-state index in [0.717, 1.165) is 32.7 Å². The van der Waals surface area contributed by atoms with Crippen molar-refractivity contribution in [3.8, 4) is 11.1 Å². The number of aliphatic carboxylic acids is 1. The molecule has 1 heterocycles. The van der Waals surface area contributed by atoms with Crippen molar-refractivity contribution in [1.29, 1.82) is 0 Å². The molecule has 2 amide bonds. The average molecular weight is 479 g/mol. The Kier molecular flexibility index (Phi) is 7.21. The van der Waals surface area contributed by atoms with Crippen LogP contribution in [0.3, 0.4) is 0 Å². The molecule has 2 aliphatic rings. The van der Waals surface area contributed by atoms with Crippen LogP contribution in [0.25, 0.3) is 11.1 Å². The zero-order valence-electron chi connectivity index (χ0n) is 19.8. The minimum Gasteiger partial charge on any atom is -0.480 e. The van der Waals surface area contributed by atoms with Crippen molar-refractivity contribution in [1.82, 2.24) is 10.2 Å². The zero-order valence-corrected chi connectivity index (χ0v) is 19.8. The van der Waals surface area contributed by atoms with Crippen molar-refractivity contribution in [3.05, 3.63) is 71.3 Å². The summed E-state index contributed by atoms with van der Waals surface area (Å²) in [6.07, 6.45) is 0.276. The van der Waals surface area contributed by atoms with E-state index < -0.39 is 36.2 Å². The lowest BCUT2D eigenvalue weighted by Crippen LogP contribution is -2.51. The highest BCUT2D eigenvalue weighted by molar-refractivity contribution is 5.90. The maximum absolute atomic E-state index is 13.2. The summed E-state index contributed by atoms with van der Waals surface area (Å²) < 4.78 is 5.58. The number of carbonyl (C=O) groups excluding carboxylic acids is 2. The third-order valence-electron chi connectivity index (χ3n) is 6.54. The van der Waals surface area contributed by atoms with Crippen LogP contribution in [-0.2, 0) is 14.3 Å². The van der Waals surface area contributed by atoms with Crippen LogP contribution in [0.15, 0.2) is 60.2 Å². The van der Waals surface area contributed by atoms with Crippen LogP contribution in [0.2, 0.25) is 0 Å². The Morgan fingerprint density at radius 3 is 2.26 bits per heavy atom. The van der Waals surface area contributed by atoms with E-state index in [1.54, 1.807) is 6.08 Å². The van der Waals surface area contributed by atoms with Gasteiger partial charge in [-0.15, -0.1) is 0 Å². The highest BCUT2D eigenvalue weighted by Gasteiger charge is 2.41. The first kappa shape index (κ1) is 24.5. The van der Waals surface area contributed by atoms with Gasteiger partial charge in [0.1, 0.15) is 18.7 Å². The number of likely N-dealkylation sites (tertiary alicyclic amines) is 1. The van der Waals surface area contributed by atoms with Crippen LogP contribution in [0.4, 0.5) is 4.79 Å². The van der Waals surface area contributed by atoms with Gasteiger partial charge in [-0.25, -0.2) is 9.59 Å². The number of hydrogen-bond donors (Lipinski definition) is 3. The number of benzene rings is 2. The molecule has 0 radical (unpaired) electrons. The van der Waals surface area contributed by atoms with Gasteiger partial charge in [0, 0.05) is 18.9 Å². The van der Waals surface area contributed by atoms with Crippen molar-refractivity contribution >= 4 is 18.0 Å². The molecular weight excluding hydrogens is 448 g/mol. The molecule has 1 saturated heterocycles. The molecular formula is C27H30N2O6. The van der Waals surface area contributed by atoms with Crippen LogP contribution in [0.5, 0.6) is 0 Å². The molecule has 4 rings (SSSR count). The Bertz CT molecular complexity index is 1110. The number of fused-ring (bicyclic) bond motifs is 3. The predicted octanol–water partition coefficient (Wildman–Crippen LogP) is 3.30. The topological polar surface area (TPSA) is 116 Å². The molecule has 1 aliphatic carbocycles. The van der Waals surface area contributed by atoms with E-state index in [2.05, 4.69) is 5.32 Å². The normalized spacial score (nSPS) is 19.5. The van der Waals surface area contributed by atoms with E-state index in [0.29, 0.717) is 0 Å². The summed E-state index contributed by atoms with van der Waals surface area (Å²) in [5.74, 6) is -1.86. The standard InChI is InChI=1S/C27H30N2O6/c1-16(2)11-12-23(25(31)29-14-17(30)13-24(29)26(32)33)28-27(34)35-15-22-20-9-5-3-7-18(20)19-8-4-6-10-21(19)22/h3-11,17,22-24,30H,12-15H2,1-2H3,(H,28,34)(H,32,33)/t17-,23?,24+/m1/s1.